The molecular formula is C22H32N2O7. The second kappa shape index (κ2) is 11.4. The summed E-state index contributed by atoms with van der Waals surface area (Å²) in [6.45, 7) is 14.1. The molecule has 31 heavy (non-hydrogen) atoms. The Hall–Kier alpha value is -3.02. The van der Waals surface area contributed by atoms with Gasteiger partial charge < -0.3 is 24.3 Å². The van der Waals surface area contributed by atoms with Crippen LogP contribution in [0.15, 0.2) is 24.8 Å². The van der Waals surface area contributed by atoms with Crippen molar-refractivity contribution in [2.45, 2.75) is 59.1 Å². The lowest BCUT2D eigenvalue weighted by molar-refractivity contribution is -0.147. The zero-order valence-electron chi connectivity index (χ0n) is 18.7. The van der Waals surface area contributed by atoms with Gasteiger partial charge in [0.05, 0.1) is 0 Å². The minimum atomic E-state index is -1.00. The number of alkyl carbamates (subject to hydrolysis) is 1. The Morgan fingerprint density at radius 3 is 2.45 bits per heavy atom. The quantitative estimate of drug-likeness (QED) is 0.240. The first kappa shape index (κ1) is 26.0. The number of carbonyl (C=O) groups excluding carboxylic acids is 3. The molecule has 1 aliphatic rings. The molecule has 1 rings (SSSR count). The monoisotopic (exact) mass is 436 g/mol. The Bertz CT molecular complexity index is 741. The zero-order valence-corrected chi connectivity index (χ0v) is 18.7. The summed E-state index contributed by atoms with van der Waals surface area (Å²) in [5.41, 5.74) is -0.181. The predicted octanol–water partition coefficient (Wildman–Crippen LogP) is 3.01. The third kappa shape index (κ3) is 9.55. The molecule has 0 spiro atoms. The van der Waals surface area contributed by atoms with Gasteiger partial charge in [0.2, 0.25) is 0 Å². The van der Waals surface area contributed by atoms with E-state index in [0.717, 1.165) is 12.5 Å². The first-order valence-electron chi connectivity index (χ1n) is 9.99. The van der Waals surface area contributed by atoms with Crippen molar-refractivity contribution in [3.8, 4) is 6.26 Å². The normalized spacial score (nSPS) is 22.7. The van der Waals surface area contributed by atoms with Crippen LogP contribution >= 0.6 is 0 Å². The van der Waals surface area contributed by atoms with E-state index in [1.165, 1.54) is 6.92 Å². The van der Waals surface area contributed by atoms with E-state index >= 15 is 0 Å². The smallest absolute Gasteiger partial charge is 0.407 e. The Morgan fingerprint density at radius 1 is 1.23 bits per heavy atom. The van der Waals surface area contributed by atoms with E-state index in [0.29, 0.717) is 12.8 Å². The van der Waals surface area contributed by atoms with E-state index in [9.17, 15) is 14.4 Å². The Kier molecular flexibility index (Phi) is 9.56. The molecule has 1 N–H and O–H groups in total. The van der Waals surface area contributed by atoms with E-state index in [1.807, 2.05) is 6.92 Å². The van der Waals surface area contributed by atoms with Gasteiger partial charge in [0, 0.05) is 23.1 Å². The largest absolute Gasteiger partial charge is 0.458 e. The summed E-state index contributed by atoms with van der Waals surface area (Å²) in [7, 11) is 0. The number of hydrogen-bond acceptors (Lipinski definition) is 8. The fraction of sp³-hybridized carbons (Fsp3) is 0.636. The van der Waals surface area contributed by atoms with Gasteiger partial charge in [-0.05, 0) is 31.6 Å². The maximum Gasteiger partial charge on any atom is 0.407 e. The van der Waals surface area contributed by atoms with Gasteiger partial charge in [-0.3, -0.25) is 0 Å². The molecule has 1 aliphatic carbocycles. The first-order chi connectivity index (χ1) is 14.4. The highest BCUT2D eigenvalue weighted by Crippen LogP contribution is 2.46. The second-order valence-corrected chi connectivity index (χ2v) is 9.02. The summed E-state index contributed by atoms with van der Waals surface area (Å²) < 4.78 is 20.3. The SMILES string of the molecule is C=CC(=O)OCC(COC(=O)C(=C)C)OC(=O)NC1CC(C)(C)CC(C)(COC#N)C1. The number of esters is 2. The highest BCUT2D eigenvalue weighted by atomic mass is 16.6. The third-order valence-corrected chi connectivity index (χ3v) is 4.85. The number of carbonyl (C=O) groups is 3. The minimum Gasteiger partial charge on any atom is -0.458 e. The summed E-state index contributed by atoms with van der Waals surface area (Å²) in [6, 6.07) is -0.210. The summed E-state index contributed by atoms with van der Waals surface area (Å²) in [5.74, 6) is -1.34. The third-order valence-electron chi connectivity index (χ3n) is 4.85. The fourth-order valence-electron chi connectivity index (χ4n) is 4.05. The van der Waals surface area contributed by atoms with Gasteiger partial charge in [-0.25, -0.2) is 14.4 Å². The van der Waals surface area contributed by atoms with Gasteiger partial charge in [0.1, 0.15) is 19.8 Å². The van der Waals surface area contributed by atoms with Crippen LogP contribution in [0.2, 0.25) is 0 Å². The van der Waals surface area contributed by atoms with Crippen LogP contribution in [0.4, 0.5) is 4.79 Å². The minimum absolute atomic E-state index is 0.0837. The van der Waals surface area contributed by atoms with Gasteiger partial charge in [-0.2, -0.15) is 5.26 Å². The highest BCUT2D eigenvalue weighted by molar-refractivity contribution is 5.87. The molecule has 0 radical (unpaired) electrons. The predicted molar refractivity (Wildman–Crippen MR) is 111 cm³/mol. The average molecular weight is 437 g/mol. The summed E-state index contributed by atoms with van der Waals surface area (Å²) >= 11 is 0. The van der Waals surface area contributed by atoms with Crippen molar-refractivity contribution in [1.29, 1.82) is 5.26 Å². The molecule has 172 valence electrons. The van der Waals surface area contributed by atoms with E-state index in [-0.39, 0.29) is 42.3 Å². The van der Waals surface area contributed by atoms with Gasteiger partial charge in [0.25, 0.3) is 6.26 Å². The molecule has 0 aromatic rings. The van der Waals surface area contributed by atoms with Crippen LogP contribution in [0.25, 0.3) is 0 Å². The molecule has 1 saturated carbocycles. The molecule has 3 unspecified atom stereocenters. The van der Waals surface area contributed by atoms with Crippen molar-refractivity contribution in [3.63, 3.8) is 0 Å². The van der Waals surface area contributed by atoms with E-state index in [4.69, 9.17) is 24.2 Å². The zero-order chi connectivity index (χ0) is 23.7. The van der Waals surface area contributed by atoms with Gasteiger partial charge in [0.15, 0.2) is 6.10 Å². The van der Waals surface area contributed by atoms with Gasteiger partial charge in [-0.1, -0.05) is 33.9 Å². The summed E-state index contributed by atoms with van der Waals surface area (Å²) in [4.78, 5) is 35.5. The van der Waals surface area contributed by atoms with Crippen LogP contribution in [0, 0.1) is 22.3 Å². The number of nitrogens with zero attached hydrogens (tertiary/aromatic N) is 1. The Labute approximate surface area is 183 Å². The number of nitrogens with one attached hydrogen (secondary N) is 1. The topological polar surface area (TPSA) is 124 Å². The highest BCUT2D eigenvalue weighted by Gasteiger charge is 2.42. The lowest BCUT2D eigenvalue weighted by atomic mass is 9.63. The summed E-state index contributed by atoms with van der Waals surface area (Å²) in [5, 5.41) is 11.6. The van der Waals surface area contributed by atoms with Gasteiger partial charge in [-0.15, -0.1) is 0 Å². The molecule has 0 bridgehead atoms. The lowest BCUT2D eigenvalue weighted by Gasteiger charge is -2.45. The number of amides is 1. The van der Waals surface area contributed by atoms with Crippen LogP contribution in [-0.2, 0) is 28.5 Å². The lowest BCUT2D eigenvalue weighted by Crippen LogP contribution is -2.49. The first-order valence-corrected chi connectivity index (χ1v) is 9.99. The molecule has 0 aliphatic heterocycles. The standard InChI is InChI=1S/C22H32N2O7/c1-7-18(25)29-10-17(11-30-19(26)15(2)3)31-20(27)24-16-8-21(4,5)12-22(6,9-16)13-28-14-23/h7,16-17H,1-2,8-13H2,3-6H3,(H,24,27). The molecule has 1 amide bonds. The van der Waals surface area contributed by atoms with E-state index in [2.05, 4.69) is 32.3 Å². The van der Waals surface area contributed by atoms with Crippen LogP contribution in [0.1, 0.15) is 47.0 Å². The molecule has 1 fully saturated rings. The van der Waals surface area contributed by atoms with E-state index < -0.39 is 24.1 Å². The molecular weight excluding hydrogens is 404 g/mol. The molecule has 0 heterocycles. The Morgan fingerprint density at radius 2 is 1.87 bits per heavy atom. The maximum atomic E-state index is 12.5. The second-order valence-electron chi connectivity index (χ2n) is 9.02. The number of ether oxygens (including phenoxy) is 4. The van der Waals surface area contributed by atoms with Crippen molar-refractivity contribution in [1.82, 2.24) is 5.32 Å². The average Bonchev–Trinajstić information content (AvgIpc) is 2.66. The Balaban J connectivity index is 2.76. The maximum absolute atomic E-state index is 12.5. The fourth-order valence-corrected chi connectivity index (χ4v) is 4.05. The van der Waals surface area contributed by atoms with Gasteiger partial charge >= 0.3 is 18.0 Å². The molecule has 3 atom stereocenters. The van der Waals surface area contributed by atoms with Crippen LogP contribution < -0.4 is 5.32 Å². The number of nitriles is 1. The van der Waals surface area contributed by atoms with Crippen molar-refractivity contribution in [3.05, 3.63) is 24.8 Å². The molecule has 0 aromatic carbocycles. The van der Waals surface area contributed by atoms with Crippen LogP contribution in [0.3, 0.4) is 0 Å². The molecule has 9 nitrogen and oxygen atoms in total. The van der Waals surface area contributed by atoms with Crippen molar-refractivity contribution < 1.29 is 33.3 Å². The molecule has 0 aromatic heterocycles. The number of rotatable bonds is 10. The van der Waals surface area contributed by atoms with Crippen molar-refractivity contribution >= 4 is 18.0 Å². The summed E-state index contributed by atoms with van der Waals surface area (Å²) in [6.07, 6.45) is 3.11. The van der Waals surface area contributed by atoms with Crippen molar-refractivity contribution in [2.24, 2.45) is 10.8 Å². The van der Waals surface area contributed by atoms with Crippen LogP contribution in [0.5, 0.6) is 0 Å². The molecule has 0 saturated heterocycles. The number of hydrogen-bond donors (Lipinski definition) is 1. The molecule has 9 heteroatoms. The van der Waals surface area contributed by atoms with Crippen molar-refractivity contribution in [2.75, 3.05) is 19.8 Å². The van der Waals surface area contributed by atoms with Crippen LogP contribution in [-0.4, -0.2) is 50.0 Å². The van der Waals surface area contributed by atoms with E-state index in [1.54, 1.807) is 6.26 Å².